The number of Topliss-reactive ketones (excluding diaryl/α,β-unsaturated/α-hetero) is 1. The molecular formula is C17H17FN2O2. The van der Waals surface area contributed by atoms with Crippen molar-refractivity contribution in [2.75, 3.05) is 0 Å². The van der Waals surface area contributed by atoms with Gasteiger partial charge in [0, 0.05) is 30.4 Å². The quantitative estimate of drug-likeness (QED) is 0.864. The molecule has 1 aromatic carbocycles. The molecule has 0 saturated heterocycles. The molecule has 0 spiro atoms. The molecule has 22 heavy (non-hydrogen) atoms. The second-order valence-corrected chi connectivity index (χ2v) is 5.26. The number of carbonyl (C=O) groups is 2. The van der Waals surface area contributed by atoms with E-state index in [4.69, 9.17) is 0 Å². The van der Waals surface area contributed by atoms with Gasteiger partial charge in [-0.25, -0.2) is 4.39 Å². The van der Waals surface area contributed by atoms with Gasteiger partial charge in [-0.2, -0.15) is 0 Å². The molecule has 0 fully saturated rings. The maximum Gasteiger partial charge on any atom is 0.253 e. The van der Waals surface area contributed by atoms with Gasteiger partial charge in [0.2, 0.25) is 0 Å². The summed E-state index contributed by atoms with van der Waals surface area (Å²) in [5, 5.41) is 2.76. The van der Waals surface area contributed by atoms with Crippen LogP contribution in [0.5, 0.6) is 0 Å². The molecule has 2 rings (SSSR count). The maximum absolute atomic E-state index is 12.8. The lowest BCUT2D eigenvalue weighted by atomic mass is 10.0. The van der Waals surface area contributed by atoms with E-state index in [2.05, 4.69) is 10.3 Å². The van der Waals surface area contributed by atoms with Crippen LogP contribution in [0.4, 0.5) is 4.39 Å². The highest BCUT2D eigenvalue weighted by Gasteiger charge is 2.15. The average Bonchev–Trinajstić information content (AvgIpc) is 2.47. The number of aryl methyl sites for hydroxylation is 1. The second kappa shape index (κ2) is 6.93. The van der Waals surface area contributed by atoms with E-state index in [0.29, 0.717) is 11.1 Å². The third kappa shape index (κ3) is 4.22. The zero-order valence-corrected chi connectivity index (χ0v) is 12.5. The highest BCUT2D eigenvalue weighted by atomic mass is 19.1. The molecule has 114 valence electrons. The number of carbonyl (C=O) groups excluding carboxylic acids is 2. The zero-order valence-electron chi connectivity index (χ0n) is 12.5. The van der Waals surface area contributed by atoms with Crippen LogP contribution in [-0.4, -0.2) is 22.7 Å². The molecule has 1 atom stereocenters. The number of amides is 1. The fraction of sp³-hybridized carbons (Fsp3) is 0.235. The Labute approximate surface area is 128 Å². The number of pyridine rings is 1. The lowest BCUT2D eigenvalue weighted by Crippen LogP contribution is -2.34. The van der Waals surface area contributed by atoms with Crippen molar-refractivity contribution in [3.05, 3.63) is 65.2 Å². The lowest BCUT2D eigenvalue weighted by molar-refractivity contribution is 0.0918. The maximum atomic E-state index is 12.8. The molecule has 0 aliphatic heterocycles. The van der Waals surface area contributed by atoms with Gasteiger partial charge in [-0.15, -0.1) is 0 Å². The molecule has 0 aliphatic carbocycles. The van der Waals surface area contributed by atoms with Crippen molar-refractivity contribution in [1.82, 2.24) is 10.3 Å². The van der Waals surface area contributed by atoms with E-state index in [9.17, 15) is 14.0 Å². The van der Waals surface area contributed by atoms with Gasteiger partial charge in [-0.05, 0) is 49.7 Å². The first-order chi connectivity index (χ1) is 10.5. The van der Waals surface area contributed by atoms with Gasteiger partial charge in [0.05, 0.1) is 5.56 Å². The number of nitrogens with zero attached hydrogens (tertiary/aromatic N) is 1. The van der Waals surface area contributed by atoms with Crippen molar-refractivity contribution < 1.29 is 14.0 Å². The number of ketones is 1. The molecule has 5 heteroatoms. The van der Waals surface area contributed by atoms with Crippen LogP contribution in [0.1, 0.15) is 39.6 Å². The number of benzene rings is 1. The lowest BCUT2D eigenvalue weighted by Gasteiger charge is -2.13. The van der Waals surface area contributed by atoms with Crippen LogP contribution in [0.25, 0.3) is 0 Å². The molecule has 0 radical (unpaired) electrons. The highest BCUT2D eigenvalue weighted by Crippen LogP contribution is 2.08. The largest absolute Gasteiger partial charge is 0.349 e. The third-order valence-electron chi connectivity index (χ3n) is 3.17. The first-order valence-electron chi connectivity index (χ1n) is 6.97. The minimum Gasteiger partial charge on any atom is -0.349 e. The van der Waals surface area contributed by atoms with Crippen molar-refractivity contribution in [3.8, 4) is 0 Å². The summed E-state index contributed by atoms with van der Waals surface area (Å²) >= 11 is 0. The first-order valence-corrected chi connectivity index (χ1v) is 6.97. The molecule has 1 heterocycles. The van der Waals surface area contributed by atoms with E-state index in [-0.39, 0.29) is 30.0 Å². The summed E-state index contributed by atoms with van der Waals surface area (Å²) in [5.74, 6) is -0.796. The van der Waals surface area contributed by atoms with Gasteiger partial charge in [-0.3, -0.25) is 14.6 Å². The van der Waals surface area contributed by atoms with E-state index in [1.165, 1.54) is 30.5 Å². The monoisotopic (exact) mass is 300 g/mol. The summed E-state index contributed by atoms with van der Waals surface area (Å²) in [4.78, 5) is 28.1. The number of hydrogen-bond donors (Lipinski definition) is 1. The zero-order chi connectivity index (χ0) is 16.1. The minimum atomic E-state index is -0.384. The van der Waals surface area contributed by atoms with Crippen LogP contribution < -0.4 is 5.32 Å². The fourth-order valence-corrected chi connectivity index (χ4v) is 2.07. The van der Waals surface area contributed by atoms with Crippen LogP contribution >= 0.6 is 0 Å². The number of halogens is 1. The van der Waals surface area contributed by atoms with Crippen LogP contribution in [0.2, 0.25) is 0 Å². The van der Waals surface area contributed by atoms with Crippen LogP contribution in [0.15, 0.2) is 42.7 Å². The topological polar surface area (TPSA) is 59.1 Å². The number of hydrogen-bond acceptors (Lipinski definition) is 3. The standard InChI is InChI=1S/C17H17FN2O2/c1-11-7-14(10-19-9-11)17(22)20-12(2)8-16(21)13-3-5-15(18)6-4-13/h3-7,9-10,12H,8H2,1-2H3,(H,20,22)/t12-/m1/s1. The second-order valence-electron chi connectivity index (χ2n) is 5.26. The predicted octanol–water partition coefficient (Wildman–Crippen LogP) is 2.92. The van der Waals surface area contributed by atoms with Gasteiger partial charge in [0.15, 0.2) is 5.78 Å². The van der Waals surface area contributed by atoms with Crippen LogP contribution in [-0.2, 0) is 0 Å². The van der Waals surface area contributed by atoms with E-state index in [1.54, 1.807) is 19.2 Å². The molecule has 4 nitrogen and oxygen atoms in total. The summed E-state index contributed by atoms with van der Waals surface area (Å²) in [7, 11) is 0. The molecule has 0 unspecified atom stereocenters. The van der Waals surface area contributed by atoms with Gasteiger partial charge in [-0.1, -0.05) is 0 Å². The predicted molar refractivity (Wildman–Crippen MR) is 81.2 cm³/mol. The van der Waals surface area contributed by atoms with E-state index in [1.807, 2.05) is 6.92 Å². The highest BCUT2D eigenvalue weighted by molar-refractivity contribution is 5.98. The van der Waals surface area contributed by atoms with Gasteiger partial charge < -0.3 is 5.32 Å². The number of aromatic nitrogens is 1. The summed E-state index contributed by atoms with van der Waals surface area (Å²) in [6, 6.07) is 6.78. The van der Waals surface area contributed by atoms with E-state index in [0.717, 1.165) is 5.56 Å². The Bertz CT molecular complexity index is 683. The Morgan fingerprint density at radius 2 is 1.86 bits per heavy atom. The molecule has 1 aromatic heterocycles. The summed E-state index contributed by atoms with van der Waals surface area (Å²) in [6.45, 7) is 3.60. The minimum absolute atomic E-state index is 0.143. The first kappa shape index (κ1) is 15.8. The Kier molecular flexibility index (Phi) is 4.99. The van der Waals surface area contributed by atoms with Crippen molar-refractivity contribution in [1.29, 1.82) is 0 Å². The summed E-state index contributed by atoms with van der Waals surface area (Å²) in [6.07, 6.45) is 3.30. The van der Waals surface area contributed by atoms with Crippen molar-refractivity contribution in [2.24, 2.45) is 0 Å². The fourth-order valence-electron chi connectivity index (χ4n) is 2.07. The van der Waals surface area contributed by atoms with Crippen molar-refractivity contribution >= 4 is 11.7 Å². The summed E-state index contributed by atoms with van der Waals surface area (Å²) in [5.41, 5.74) is 1.78. The van der Waals surface area contributed by atoms with Gasteiger partial charge >= 0.3 is 0 Å². The van der Waals surface area contributed by atoms with Crippen LogP contribution in [0, 0.1) is 12.7 Å². The van der Waals surface area contributed by atoms with Crippen molar-refractivity contribution in [2.45, 2.75) is 26.3 Å². The molecule has 1 N–H and O–H groups in total. The third-order valence-corrected chi connectivity index (χ3v) is 3.17. The van der Waals surface area contributed by atoms with Gasteiger partial charge in [0.1, 0.15) is 5.82 Å². The molecule has 0 bridgehead atoms. The Morgan fingerprint density at radius 3 is 2.50 bits per heavy atom. The Balaban J connectivity index is 1.95. The molecule has 2 aromatic rings. The van der Waals surface area contributed by atoms with E-state index < -0.39 is 0 Å². The molecular weight excluding hydrogens is 283 g/mol. The number of nitrogens with one attached hydrogen (secondary N) is 1. The average molecular weight is 300 g/mol. The molecule has 0 saturated carbocycles. The number of rotatable bonds is 5. The van der Waals surface area contributed by atoms with Crippen LogP contribution in [0.3, 0.4) is 0 Å². The SMILES string of the molecule is Cc1cncc(C(=O)N[C@H](C)CC(=O)c2ccc(F)cc2)c1. The molecule has 1 amide bonds. The smallest absolute Gasteiger partial charge is 0.253 e. The van der Waals surface area contributed by atoms with E-state index >= 15 is 0 Å². The van der Waals surface area contributed by atoms with Gasteiger partial charge in [0.25, 0.3) is 5.91 Å². The normalized spacial score (nSPS) is 11.8. The summed E-state index contributed by atoms with van der Waals surface area (Å²) < 4.78 is 12.8. The molecule has 0 aliphatic rings. The Hall–Kier alpha value is -2.56. The Morgan fingerprint density at radius 1 is 1.18 bits per heavy atom. The van der Waals surface area contributed by atoms with Crippen molar-refractivity contribution in [3.63, 3.8) is 0 Å².